The summed E-state index contributed by atoms with van der Waals surface area (Å²) in [5.74, 6) is -1.46. The van der Waals surface area contributed by atoms with E-state index in [0.29, 0.717) is 11.1 Å². The molecule has 0 atom stereocenters. The molecule has 0 spiro atoms. The summed E-state index contributed by atoms with van der Waals surface area (Å²) in [5.41, 5.74) is 1.70. The van der Waals surface area contributed by atoms with Gasteiger partial charge < -0.3 is 5.11 Å². The van der Waals surface area contributed by atoms with Crippen LogP contribution in [-0.4, -0.2) is 16.1 Å². The van der Waals surface area contributed by atoms with Crippen molar-refractivity contribution >= 4 is 12.0 Å². The number of hydrogen-bond donors (Lipinski definition) is 1. The van der Waals surface area contributed by atoms with Gasteiger partial charge in [0.15, 0.2) is 0 Å². The number of benzene rings is 1. The molecule has 90 valence electrons. The van der Waals surface area contributed by atoms with Crippen LogP contribution in [0.25, 0.3) is 17.2 Å². The molecule has 0 unspecified atom stereocenters. The third-order valence-electron chi connectivity index (χ3n) is 2.40. The number of hydrogen-bond acceptors (Lipinski definition) is 2. The monoisotopic (exact) mass is 243 g/mol. The summed E-state index contributed by atoms with van der Waals surface area (Å²) in [6.07, 6.45) is 5.50. The molecular formula is C14H10FNO2. The normalized spacial score (nSPS) is 10.7. The molecule has 0 fully saturated rings. The summed E-state index contributed by atoms with van der Waals surface area (Å²) in [6, 6.07) is 8.01. The SMILES string of the molecule is O=C(O)/C=C/c1ccc(-c2ccncc2)c(F)c1. The lowest BCUT2D eigenvalue weighted by Gasteiger charge is -2.03. The molecule has 0 amide bonds. The van der Waals surface area contributed by atoms with Gasteiger partial charge in [0.2, 0.25) is 0 Å². The smallest absolute Gasteiger partial charge is 0.328 e. The highest BCUT2D eigenvalue weighted by atomic mass is 19.1. The molecule has 0 aliphatic heterocycles. The first-order valence-electron chi connectivity index (χ1n) is 5.28. The zero-order valence-electron chi connectivity index (χ0n) is 9.38. The van der Waals surface area contributed by atoms with E-state index in [1.54, 1.807) is 36.7 Å². The number of aromatic nitrogens is 1. The van der Waals surface area contributed by atoms with Crippen LogP contribution in [0.5, 0.6) is 0 Å². The van der Waals surface area contributed by atoms with E-state index in [1.807, 2.05) is 0 Å². The maximum Gasteiger partial charge on any atom is 0.328 e. The van der Waals surface area contributed by atoms with Gasteiger partial charge in [0, 0.05) is 24.0 Å². The Morgan fingerprint density at radius 1 is 1.22 bits per heavy atom. The van der Waals surface area contributed by atoms with Gasteiger partial charge in [-0.1, -0.05) is 12.1 Å². The fourth-order valence-electron chi connectivity index (χ4n) is 1.57. The second kappa shape index (κ2) is 5.23. The van der Waals surface area contributed by atoms with Crippen molar-refractivity contribution in [2.75, 3.05) is 0 Å². The number of carboxylic acids is 1. The van der Waals surface area contributed by atoms with E-state index in [9.17, 15) is 9.18 Å². The van der Waals surface area contributed by atoms with Crippen LogP contribution in [0.1, 0.15) is 5.56 Å². The number of carbonyl (C=O) groups is 1. The highest BCUT2D eigenvalue weighted by Crippen LogP contribution is 2.23. The van der Waals surface area contributed by atoms with Crippen molar-refractivity contribution in [3.63, 3.8) is 0 Å². The lowest BCUT2D eigenvalue weighted by molar-refractivity contribution is -0.131. The largest absolute Gasteiger partial charge is 0.478 e. The summed E-state index contributed by atoms with van der Waals surface area (Å²) in [4.78, 5) is 14.2. The first-order valence-corrected chi connectivity index (χ1v) is 5.28. The maximum absolute atomic E-state index is 13.9. The van der Waals surface area contributed by atoms with Gasteiger partial charge in [-0.25, -0.2) is 9.18 Å². The van der Waals surface area contributed by atoms with E-state index in [0.717, 1.165) is 11.6 Å². The van der Waals surface area contributed by atoms with Crippen molar-refractivity contribution < 1.29 is 14.3 Å². The third-order valence-corrected chi connectivity index (χ3v) is 2.40. The fraction of sp³-hybridized carbons (Fsp3) is 0. The van der Waals surface area contributed by atoms with Gasteiger partial charge in [0.05, 0.1) is 0 Å². The molecule has 0 radical (unpaired) electrons. The number of aliphatic carboxylic acids is 1. The zero-order valence-corrected chi connectivity index (χ0v) is 9.38. The van der Waals surface area contributed by atoms with Crippen LogP contribution in [-0.2, 0) is 4.79 Å². The molecule has 4 heteroatoms. The molecule has 1 aromatic carbocycles. The van der Waals surface area contributed by atoms with Gasteiger partial charge >= 0.3 is 5.97 Å². The molecule has 1 heterocycles. The van der Waals surface area contributed by atoms with Crippen LogP contribution in [0.15, 0.2) is 48.8 Å². The average Bonchev–Trinajstić information content (AvgIpc) is 2.37. The minimum Gasteiger partial charge on any atom is -0.478 e. The lowest BCUT2D eigenvalue weighted by Crippen LogP contribution is -1.88. The molecule has 3 nitrogen and oxygen atoms in total. The highest BCUT2D eigenvalue weighted by molar-refractivity contribution is 5.85. The molecule has 0 aliphatic carbocycles. The molecule has 2 aromatic rings. The van der Waals surface area contributed by atoms with Crippen molar-refractivity contribution in [3.05, 3.63) is 60.2 Å². The topological polar surface area (TPSA) is 50.2 Å². The Morgan fingerprint density at radius 3 is 2.56 bits per heavy atom. The van der Waals surface area contributed by atoms with Crippen molar-refractivity contribution in [2.45, 2.75) is 0 Å². The van der Waals surface area contributed by atoms with Crippen LogP contribution in [0.4, 0.5) is 4.39 Å². The number of carboxylic acid groups (broad SMARTS) is 1. The minimum atomic E-state index is -1.06. The zero-order chi connectivity index (χ0) is 13.0. The van der Waals surface area contributed by atoms with Crippen LogP contribution in [0, 0.1) is 5.82 Å². The van der Waals surface area contributed by atoms with Crippen LogP contribution >= 0.6 is 0 Å². The first kappa shape index (κ1) is 12.0. The Morgan fingerprint density at radius 2 is 1.94 bits per heavy atom. The van der Waals surface area contributed by atoms with E-state index in [2.05, 4.69) is 4.98 Å². The second-order valence-electron chi connectivity index (χ2n) is 3.65. The Hall–Kier alpha value is -2.49. The molecule has 1 N–H and O–H groups in total. The van der Waals surface area contributed by atoms with Crippen molar-refractivity contribution in [2.24, 2.45) is 0 Å². The summed E-state index contributed by atoms with van der Waals surface area (Å²) >= 11 is 0. The van der Waals surface area contributed by atoms with Crippen molar-refractivity contribution in [1.29, 1.82) is 0 Å². The molecule has 18 heavy (non-hydrogen) atoms. The van der Waals surface area contributed by atoms with Gasteiger partial charge in [-0.3, -0.25) is 4.98 Å². The molecule has 0 saturated carbocycles. The predicted octanol–water partition coefficient (Wildman–Crippen LogP) is 2.99. The second-order valence-corrected chi connectivity index (χ2v) is 3.65. The van der Waals surface area contributed by atoms with E-state index >= 15 is 0 Å². The molecule has 0 saturated heterocycles. The van der Waals surface area contributed by atoms with Gasteiger partial charge in [0.25, 0.3) is 0 Å². The Kier molecular flexibility index (Phi) is 3.48. The summed E-state index contributed by atoms with van der Waals surface area (Å²) < 4.78 is 13.9. The van der Waals surface area contributed by atoms with Gasteiger partial charge in [-0.05, 0) is 35.4 Å². The molecule has 2 rings (SSSR count). The number of halogens is 1. The molecule has 1 aromatic heterocycles. The van der Waals surface area contributed by atoms with Crippen LogP contribution in [0.3, 0.4) is 0 Å². The first-order chi connectivity index (χ1) is 8.66. The van der Waals surface area contributed by atoms with Crippen LogP contribution in [0.2, 0.25) is 0 Å². The van der Waals surface area contributed by atoms with E-state index < -0.39 is 11.8 Å². The predicted molar refractivity (Wildman–Crippen MR) is 66.3 cm³/mol. The van der Waals surface area contributed by atoms with Crippen LogP contribution < -0.4 is 0 Å². The average molecular weight is 243 g/mol. The van der Waals surface area contributed by atoms with E-state index in [4.69, 9.17) is 5.11 Å². The van der Waals surface area contributed by atoms with Gasteiger partial charge in [0.1, 0.15) is 5.82 Å². The van der Waals surface area contributed by atoms with Crippen molar-refractivity contribution in [1.82, 2.24) is 4.98 Å². The third kappa shape index (κ3) is 2.79. The quantitative estimate of drug-likeness (QED) is 0.843. The molecule has 0 bridgehead atoms. The highest BCUT2D eigenvalue weighted by Gasteiger charge is 2.04. The van der Waals surface area contributed by atoms with E-state index in [-0.39, 0.29) is 0 Å². The fourth-order valence-corrected chi connectivity index (χ4v) is 1.57. The Labute approximate surface area is 103 Å². The number of pyridine rings is 1. The molecule has 0 aliphatic rings. The standard InChI is InChI=1S/C14H10FNO2/c15-13-9-10(2-4-14(17)18)1-3-12(13)11-5-7-16-8-6-11/h1-9H,(H,17,18)/b4-2+. The Bertz CT molecular complexity index is 594. The van der Waals surface area contributed by atoms with Crippen molar-refractivity contribution in [3.8, 4) is 11.1 Å². The molecular weight excluding hydrogens is 233 g/mol. The van der Waals surface area contributed by atoms with Gasteiger partial charge in [-0.15, -0.1) is 0 Å². The number of rotatable bonds is 3. The minimum absolute atomic E-state index is 0.395. The number of nitrogens with zero attached hydrogens (tertiary/aromatic N) is 1. The maximum atomic E-state index is 13.9. The lowest BCUT2D eigenvalue weighted by atomic mass is 10.0. The van der Waals surface area contributed by atoms with Gasteiger partial charge in [-0.2, -0.15) is 0 Å². The van der Waals surface area contributed by atoms with E-state index in [1.165, 1.54) is 12.1 Å². The Balaban J connectivity index is 2.34. The summed E-state index contributed by atoms with van der Waals surface area (Å²) in [7, 11) is 0. The summed E-state index contributed by atoms with van der Waals surface area (Å²) in [6.45, 7) is 0. The summed E-state index contributed by atoms with van der Waals surface area (Å²) in [5, 5.41) is 8.49.